The Bertz CT molecular complexity index is 963. The number of carbonyl (C=O) groups excluding carboxylic acids is 1. The van der Waals surface area contributed by atoms with Crippen LogP contribution in [0.2, 0.25) is 5.02 Å². The van der Waals surface area contributed by atoms with Gasteiger partial charge < -0.3 is 14.8 Å². The molecule has 0 aliphatic rings. The van der Waals surface area contributed by atoms with E-state index in [1.54, 1.807) is 36.7 Å². The van der Waals surface area contributed by atoms with Gasteiger partial charge in [0, 0.05) is 28.5 Å². The number of hydrogen-bond acceptors (Lipinski definition) is 4. The second kappa shape index (κ2) is 9.94. The lowest BCUT2D eigenvalue weighted by molar-refractivity contribution is 0.0939. The van der Waals surface area contributed by atoms with Gasteiger partial charge in [-0.25, -0.2) is 0 Å². The normalized spacial score (nSPS) is 11.6. The average molecular weight is 411 g/mol. The van der Waals surface area contributed by atoms with Gasteiger partial charge in [0.15, 0.2) is 11.5 Å². The first kappa shape index (κ1) is 20.7. The maximum atomic E-state index is 12.7. The van der Waals surface area contributed by atoms with E-state index in [2.05, 4.69) is 10.3 Å². The molecule has 1 unspecified atom stereocenters. The number of hydrogen-bond donors (Lipinski definition) is 1. The van der Waals surface area contributed by atoms with Crippen molar-refractivity contribution >= 4 is 17.5 Å². The predicted octanol–water partition coefficient (Wildman–Crippen LogP) is 5.20. The number of rotatable bonds is 8. The highest BCUT2D eigenvalue weighted by Gasteiger charge is 2.15. The molecule has 0 bridgehead atoms. The molecule has 6 heteroatoms. The van der Waals surface area contributed by atoms with E-state index >= 15 is 0 Å². The van der Waals surface area contributed by atoms with E-state index in [1.165, 1.54) is 0 Å². The van der Waals surface area contributed by atoms with E-state index in [0.29, 0.717) is 35.3 Å². The Morgan fingerprint density at radius 3 is 2.69 bits per heavy atom. The molecule has 0 saturated carbocycles. The van der Waals surface area contributed by atoms with Crippen LogP contribution in [0, 0.1) is 0 Å². The number of aromatic nitrogens is 1. The van der Waals surface area contributed by atoms with E-state index in [-0.39, 0.29) is 11.9 Å². The van der Waals surface area contributed by atoms with Crippen molar-refractivity contribution in [1.82, 2.24) is 10.3 Å². The van der Waals surface area contributed by atoms with Gasteiger partial charge in [-0.3, -0.25) is 9.78 Å². The zero-order valence-electron chi connectivity index (χ0n) is 16.4. The van der Waals surface area contributed by atoms with Gasteiger partial charge in [-0.2, -0.15) is 0 Å². The fourth-order valence-corrected chi connectivity index (χ4v) is 3.02. The summed E-state index contributed by atoms with van der Waals surface area (Å²) in [4.78, 5) is 16.8. The van der Waals surface area contributed by atoms with Crippen LogP contribution in [0.4, 0.5) is 0 Å². The molecule has 150 valence electrons. The van der Waals surface area contributed by atoms with Crippen LogP contribution in [0.25, 0.3) is 0 Å². The predicted molar refractivity (Wildman–Crippen MR) is 114 cm³/mol. The highest BCUT2D eigenvalue weighted by molar-refractivity contribution is 6.30. The van der Waals surface area contributed by atoms with E-state index in [0.717, 1.165) is 11.1 Å². The van der Waals surface area contributed by atoms with Crippen LogP contribution in [0.15, 0.2) is 67.0 Å². The molecular formula is C23H23ClN2O3. The maximum absolute atomic E-state index is 12.7. The van der Waals surface area contributed by atoms with Gasteiger partial charge in [0.25, 0.3) is 5.91 Å². The third-order valence-corrected chi connectivity index (χ3v) is 4.55. The summed E-state index contributed by atoms with van der Waals surface area (Å²) < 4.78 is 11.5. The minimum absolute atomic E-state index is 0.182. The SMILES string of the molecule is CCOc1cc(C(=O)NC(C)c2cccc(Cl)c2)ccc1OCc1cccnc1. The molecule has 3 rings (SSSR count). The van der Waals surface area contributed by atoms with Crippen LogP contribution in [0.5, 0.6) is 11.5 Å². The van der Waals surface area contributed by atoms with E-state index in [4.69, 9.17) is 21.1 Å². The first-order valence-corrected chi connectivity index (χ1v) is 9.79. The minimum atomic E-state index is -0.197. The van der Waals surface area contributed by atoms with Crippen molar-refractivity contribution in [3.63, 3.8) is 0 Å². The number of halogens is 1. The summed E-state index contributed by atoms with van der Waals surface area (Å²) >= 11 is 6.04. The highest BCUT2D eigenvalue weighted by Crippen LogP contribution is 2.29. The van der Waals surface area contributed by atoms with Gasteiger partial charge in [-0.05, 0) is 55.8 Å². The van der Waals surface area contributed by atoms with Crippen molar-refractivity contribution in [3.8, 4) is 11.5 Å². The molecule has 0 aliphatic carbocycles. The topological polar surface area (TPSA) is 60.5 Å². The summed E-state index contributed by atoms with van der Waals surface area (Å²) in [5.74, 6) is 0.909. The van der Waals surface area contributed by atoms with Crippen LogP contribution in [-0.4, -0.2) is 17.5 Å². The lowest BCUT2D eigenvalue weighted by Gasteiger charge is -2.16. The summed E-state index contributed by atoms with van der Waals surface area (Å²) in [7, 11) is 0. The third kappa shape index (κ3) is 5.72. The molecule has 0 spiro atoms. The fraction of sp³-hybridized carbons (Fsp3) is 0.217. The molecule has 0 fully saturated rings. The summed E-state index contributed by atoms with van der Waals surface area (Å²) in [5.41, 5.74) is 2.38. The lowest BCUT2D eigenvalue weighted by atomic mass is 10.1. The maximum Gasteiger partial charge on any atom is 0.251 e. The standard InChI is InChI=1S/C23H23ClN2O3/c1-3-28-22-13-19(9-10-21(22)29-15-17-6-5-11-25-14-17)23(27)26-16(2)18-7-4-8-20(24)12-18/h4-14,16H,3,15H2,1-2H3,(H,26,27). The van der Waals surface area contributed by atoms with Gasteiger partial charge in [0.1, 0.15) is 6.61 Å². The number of pyridine rings is 1. The fourth-order valence-electron chi connectivity index (χ4n) is 2.82. The molecule has 1 amide bonds. The number of nitrogens with one attached hydrogen (secondary N) is 1. The first-order valence-electron chi connectivity index (χ1n) is 9.41. The summed E-state index contributed by atoms with van der Waals surface area (Å²) in [5, 5.41) is 3.62. The number of ether oxygens (including phenoxy) is 2. The Morgan fingerprint density at radius 1 is 1.10 bits per heavy atom. The van der Waals surface area contributed by atoms with Crippen LogP contribution >= 0.6 is 11.6 Å². The minimum Gasteiger partial charge on any atom is -0.490 e. The van der Waals surface area contributed by atoms with Crippen LogP contribution in [0.1, 0.15) is 41.4 Å². The average Bonchev–Trinajstić information content (AvgIpc) is 2.73. The number of nitrogens with zero attached hydrogens (tertiary/aromatic N) is 1. The zero-order chi connectivity index (χ0) is 20.6. The molecule has 3 aromatic rings. The Kier molecular flexibility index (Phi) is 7.09. The van der Waals surface area contributed by atoms with Crippen molar-refractivity contribution in [3.05, 3.63) is 88.7 Å². The third-order valence-electron chi connectivity index (χ3n) is 4.32. The monoisotopic (exact) mass is 410 g/mol. The molecule has 2 aromatic carbocycles. The molecule has 1 atom stereocenters. The summed E-state index contributed by atoms with van der Waals surface area (Å²) in [6.45, 7) is 4.63. The Hall–Kier alpha value is -3.05. The lowest BCUT2D eigenvalue weighted by Crippen LogP contribution is -2.26. The van der Waals surface area contributed by atoms with Crippen molar-refractivity contribution in [2.75, 3.05) is 6.61 Å². The first-order chi connectivity index (χ1) is 14.1. The van der Waals surface area contributed by atoms with Crippen LogP contribution in [0.3, 0.4) is 0 Å². The number of amides is 1. The number of benzene rings is 2. The molecule has 0 radical (unpaired) electrons. The Labute approximate surface area is 175 Å². The molecule has 29 heavy (non-hydrogen) atoms. The molecule has 1 aromatic heterocycles. The van der Waals surface area contributed by atoms with Crippen LogP contribution < -0.4 is 14.8 Å². The highest BCUT2D eigenvalue weighted by atomic mass is 35.5. The Morgan fingerprint density at radius 2 is 1.97 bits per heavy atom. The second-order valence-electron chi connectivity index (χ2n) is 6.49. The molecule has 0 saturated heterocycles. The summed E-state index contributed by atoms with van der Waals surface area (Å²) in [6, 6.07) is 16.2. The van der Waals surface area contributed by atoms with Crippen molar-refractivity contribution in [1.29, 1.82) is 0 Å². The van der Waals surface area contributed by atoms with Crippen LogP contribution in [-0.2, 0) is 6.61 Å². The van der Waals surface area contributed by atoms with Gasteiger partial charge in [-0.15, -0.1) is 0 Å². The molecule has 0 aliphatic heterocycles. The van der Waals surface area contributed by atoms with Gasteiger partial charge in [0.2, 0.25) is 0 Å². The van der Waals surface area contributed by atoms with E-state index < -0.39 is 0 Å². The molecule has 5 nitrogen and oxygen atoms in total. The largest absolute Gasteiger partial charge is 0.490 e. The molecule has 1 N–H and O–H groups in total. The van der Waals surface area contributed by atoms with Crippen molar-refractivity contribution in [2.45, 2.75) is 26.5 Å². The van der Waals surface area contributed by atoms with Crippen molar-refractivity contribution in [2.24, 2.45) is 0 Å². The van der Waals surface area contributed by atoms with Gasteiger partial charge in [0.05, 0.1) is 12.6 Å². The summed E-state index contributed by atoms with van der Waals surface area (Å²) in [6.07, 6.45) is 3.46. The van der Waals surface area contributed by atoms with E-state index in [9.17, 15) is 4.79 Å². The smallest absolute Gasteiger partial charge is 0.251 e. The second-order valence-corrected chi connectivity index (χ2v) is 6.93. The van der Waals surface area contributed by atoms with Crippen molar-refractivity contribution < 1.29 is 14.3 Å². The zero-order valence-corrected chi connectivity index (χ0v) is 17.1. The molecular weight excluding hydrogens is 388 g/mol. The van der Waals surface area contributed by atoms with Gasteiger partial charge >= 0.3 is 0 Å². The quantitative estimate of drug-likeness (QED) is 0.554. The van der Waals surface area contributed by atoms with Gasteiger partial charge in [-0.1, -0.05) is 29.8 Å². The van der Waals surface area contributed by atoms with E-state index in [1.807, 2.05) is 44.2 Å². The molecule has 1 heterocycles. The number of carbonyl (C=O) groups is 1. The Balaban J connectivity index is 1.71.